The number of benzene rings is 1. The van der Waals surface area contributed by atoms with Gasteiger partial charge in [0.05, 0.1) is 18.4 Å². The highest BCUT2D eigenvalue weighted by molar-refractivity contribution is 7.89. The van der Waals surface area contributed by atoms with Crippen LogP contribution in [0.15, 0.2) is 24.3 Å². The monoisotopic (exact) mass is 308 g/mol. The van der Waals surface area contributed by atoms with E-state index in [2.05, 4.69) is 16.6 Å². The maximum atomic E-state index is 12.0. The summed E-state index contributed by atoms with van der Waals surface area (Å²) in [6.07, 6.45) is 1.57. The molecule has 1 aromatic rings. The molecule has 21 heavy (non-hydrogen) atoms. The van der Waals surface area contributed by atoms with Gasteiger partial charge in [0.2, 0.25) is 10.0 Å². The molecule has 0 spiro atoms. The molecule has 1 aromatic carbocycles. The molecule has 0 bridgehead atoms. The summed E-state index contributed by atoms with van der Waals surface area (Å²) < 4.78 is 31.9. The van der Waals surface area contributed by atoms with Crippen molar-refractivity contribution in [1.82, 2.24) is 4.72 Å². The van der Waals surface area contributed by atoms with E-state index in [-0.39, 0.29) is 18.4 Å². The summed E-state index contributed by atoms with van der Waals surface area (Å²) in [7, 11) is -3.32. The smallest absolute Gasteiger partial charge is 0.214 e. The van der Waals surface area contributed by atoms with Crippen LogP contribution in [-0.4, -0.2) is 33.4 Å². The van der Waals surface area contributed by atoms with Crippen molar-refractivity contribution in [1.29, 1.82) is 0 Å². The van der Waals surface area contributed by atoms with Crippen molar-refractivity contribution in [3.05, 3.63) is 35.4 Å². The third kappa shape index (κ3) is 5.48. The lowest BCUT2D eigenvalue weighted by Gasteiger charge is -2.11. The van der Waals surface area contributed by atoms with Gasteiger partial charge >= 0.3 is 0 Å². The van der Waals surface area contributed by atoms with Crippen molar-refractivity contribution >= 4 is 10.0 Å². The average Bonchev–Trinajstić information content (AvgIpc) is 2.96. The minimum Gasteiger partial charge on any atom is -0.377 e. The standard InChI is InChI=1S/C15H20N2O3S/c16-8-2-6-13-4-1-5-14(10-13)11-17-21(18,19)12-15-7-3-9-20-15/h1,4-5,10,15,17H,3,7-9,11-12,16H2. The van der Waals surface area contributed by atoms with Gasteiger partial charge in [-0.2, -0.15) is 0 Å². The molecule has 1 aliphatic rings. The average molecular weight is 308 g/mol. The van der Waals surface area contributed by atoms with E-state index in [1.807, 2.05) is 24.3 Å². The van der Waals surface area contributed by atoms with Gasteiger partial charge in [-0.3, -0.25) is 0 Å². The molecule has 1 fully saturated rings. The largest absolute Gasteiger partial charge is 0.377 e. The third-order valence-corrected chi connectivity index (χ3v) is 4.58. The van der Waals surface area contributed by atoms with Crippen LogP contribution < -0.4 is 10.5 Å². The van der Waals surface area contributed by atoms with Crippen LogP contribution in [0.1, 0.15) is 24.0 Å². The number of hydrogen-bond donors (Lipinski definition) is 2. The zero-order chi connectivity index (χ0) is 15.1. The number of ether oxygens (including phenoxy) is 1. The molecule has 0 aromatic heterocycles. The number of rotatable bonds is 5. The van der Waals surface area contributed by atoms with Crippen molar-refractivity contribution in [2.24, 2.45) is 5.73 Å². The first-order chi connectivity index (χ1) is 10.1. The third-order valence-electron chi connectivity index (χ3n) is 3.19. The highest BCUT2D eigenvalue weighted by atomic mass is 32.2. The molecule has 5 nitrogen and oxygen atoms in total. The van der Waals surface area contributed by atoms with Gasteiger partial charge < -0.3 is 10.5 Å². The number of nitrogens with two attached hydrogens (primary N) is 1. The Morgan fingerprint density at radius 3 is 3.00 bits per heavy atom. The molecule has 1 heterocycles. The molecule has 0 radical (unpaired) electrons. The Bertz CT molecular complexity index is 626. The molecule has 0 saturated carbocycles. The molecular formula is C15H20N2O3S. The molecule has 1 saturated heterocycles. The van der Waals surface area contributed by atoms with E-state index in [0.29, 0.717) is 13.2 Å². The van der Waals surface area contributed by atoms with Gasteiger partial charge in [0.15, 0.2) is 0 Å². The Kier molecular flexibility index (Phi) is 5.76. The molecule has 6 heteroatoms. The normalized spacial score (nSPS) is 18.2. The number of hydrogen-bond acceptors (Lipinski definition) is 4. The van der Waals surface area contributed by atoms with Crippen LogP contribution in [0.5, 0.6) is 0 Å². The Balaban J connectivity index is 1.92. The van der Waals surface area contributed by atoms with Crippen LogP contribution in [0.4, 0.5) is 0 Å². The minimum atomic E-state index is -3.32. The predicted octanol–water partition coefficient (Wildman–Crippen LogP) is 0.595. The lowest BCUT2D eigenvalue weighted by molar-refractivity contribution is 0.127. The van der Waals surface area contributed by atoms with Gasteiger partial charge in [-0.25, -0.2) is 13.1 Å². The maximum absolute atomic E-state index is 12.0. The fourth-order valence-electron chi connectivity index (χ4n) is 2.18. The molecule has 0 aliphatic carbocycles. The van der Waals surface area contributed by atoms with Crippen molar-refractivity contribution in [3.63, 3.8) is 0 Å². The Labute approximate surface area is 125 Å². The van der Waals surface area contributed by atoms with E-state index in [9.17, 15) is 8.42 Å². The first-order valence-electron chi connectivity index (χ1n) is 6.96. The zero-order valence-electron chi connectivity index (χ0n) is 11.8. The first-order valence-corrected chi connectivity index (χ1v) is 8.61. The molecular weight excluding hydrogens is 288 g/mol. The summed E-state index contributed by atoms with van der Waals surface area (Å²) in [5, 5.41) is 0. The Morgan fingerprint density at radius 2 is 2.29 bits per heavy atom. The van der Waals surface area contributed by atoms with Gasteiger partial charge in [-0.15, -0.1) is 0 Å². The quantitative estimate of drug-likeness (QED) is 0.780. The molecule has 2 rings (SSSR count). The lowest BCUT2D eigenvalue weighted by Crippen LogP contribution is -2.31. The van der Waals surface area contributed by atoms with Crippen LogP contribution >= 0.6 is 0 Å². The Hall–Kier alpha value is -1.39. The van der Waals surface area contributed by atoms with Crippen molar-refractivity contribution in [2.45, 2.75) is 25.5 Å². The van der Waals surface area contributed by atoms with E-state index in [1.54, 1.807) is 0 Å². The van der Waals surface area contributed by atoms with E-state index < -0.39 is 10.0 Å². The predicted molar refractivity (Wildman–Crippen MR) is 82.0 cm³/mol. The van der Waals surface area contributed by atoms with E-state index in [1.165, 1.54) is 0 Å². The lowest BCUT2D eigenvalue weighted by atomic mass is 10.1. The molecule has 1 atom stereocenters. The summed E-state index contributed by atoms with van der Waals surface area (Å²) in [4.78, 5) is 0. The topological polar surface area (TPSA) is 81.4 Å². The van der Waals surface area contributed by atoms with Crippen LogP contribution in [0.3, 0.4) is 0 Å². The fourth-order valence-corrected chi connectivity index (χ4v) is 3.44. The van der Waals surface area contributed by atoms with Crippen molar-refractivity contribution in [2.75, 3.05) is 18.9 Å². The van der Waals surface area contributed by atoms with Crippen LogP contribution in [-0.2, 0) is 21.3 Å². The minimum absolute atomic E-state index is 0.0275. The van der Waals surface area contributed by atoms with Crippen LogP contribution in [0, 0.1) is 11.8 Å². The molecule has 1 unspecified atom stereocenters. The van der Waals surface area contributed by atoms with E-state index >= 15 is 0 Å². The second-order valence-corrected chi connectivity index (χ2v) is 6.80. The summed E-state index contributed by atoms with van der Waals surface area (Å²) in [5.41, 5.74) is 7.03. The summed E-state index contributed by atoms with van der Waals surface area (Å²) >= 11 is 0. The molecule has 0 amide bonds. The zero-order valence-corrected chi connectivity index (χ0v) is 12.7. The first kappa shape index (κ1) is 16.0. The number of sulfonamides is 1. The van der Waals surface area contributed by atoms with Gasteiger partial charge in [0.25, 0.3) is 0 Å². The second-order valence-electron chi connectivity index (χ2n) is 4.94. The van der Waals surface area contributed by atoms with Gasteiger partial charge in [-0.05, 0) is 30.5 Å². The highest BCUT2D eigenvalue weighted by Gasteiger charge is 2.22. The summed E-state index contributed by atoms with van der Waals surface area (Å²) in [6.45, 7) is 1.22. The molecule has 3 N–H and O–H groups in total. The summed E-state index contributed by atoms with van der Waals surface area (Å²) in [6, 6.07) is 7.44. The van der Waals surface area contributed by atoms with Gasteiger partial charge in [0.1, 0.15) is 0 Å². The van der Waals surface area contributed by atoms with Crippen LogP contribution in [0.25, 0.3) is 0 Å². The van der Waals surface area contributed by atoms with E-state index in [0.717, 1.165) is 24.0 Å². The highest BCUT2D eigenvalue weighted by Crippen LogP contribution is 2.13. The number of nitrogens with one attached hydrogen (secondary N) is 1. The summed E-state index contributed by atoms with van der Waals surface area (Å²) in [5.74, 6) is 5.73. The molecule has 114 valence electrons. The Morgan fingerprint density at radius 1 is 1.43 bits per heavy atom. The SMILES string of the molecule is NCC#Cc1cccc(CNS(=O)(=O)CC2CCCO2)c1. The molecule has 1 aliphatic heterocycles. The maximum Gasteiger partial charge on any atom is 0.214 e. The van der Waals surface area contributed by atoms with Crippen LogP contribution in [0.2, 0.25) is 0 Å². The van der Waals surface area contributed by atoms with Crippen molar-refractivity contribution in [3.8, 4) is 11.8 Å². The van der Waals surface area contributed by atoms with Gasteiger partial charge in [0, 0.05) is 18.7 Å². The fraction of sp³-hybridized carbons (Fsp3) is 0.467. The van der Waals surface area contributed by atoms with Gasteiger partial charge in [-0.1, -0.05) is 24.0 Å². The second kappa shape index (κ2) is 7.57. The van der Waals surface area contributed by atoms with Crippen molar-refractivity contribution < 1.29 is 13.2 Å². The van der Waals surface area contributed by atoms with E-state index in [4.69, 9.17) is 10.5 Å².